The monoisotopic (exact) mass is 433 g/mol. The Morgan fingerprint density at radius 1 is 0.867 bits per heavy atom. The molecule has 0 fully saturated rings. The SMILES string of the molecule is CC(NC(=O)C(N)CO)C(=O)NC(CCCCN)C(=O)NC(CCC(=O)O)C(=O)O. The lowest BCUT2D eigenvalue weighted by atomic mass is 10.1. The largest absolute Gasteiger partial charge is 0.481 e. The lowest BCUT2D eigenvalue weighted by Crippen LogP contribution is -2.56. The van der Waals surface area contributed by atoms with Crippen LogP contribution in [0.25, 0.3) is 0 Å². The number of nitrogens with one attached hydrogen (secondary N) is 3. The third kappa shape index (κ3) is 10.7. The van der Waals surface area contributed by atoms with Gasteiger partial charge in [-0.15, -0.1) is 0 Å². The molecule has 0 aliphatic heterocycles. The molecule has 0 saturated heterocycles. The maximum absolute atomic E-state index is 12.5. The van der Waals surface area contributed by atoms with Crippen LogP contribution in [0.1, 0.15) is 39.0 Å². The summed E-state index contributed by atoms with van der Waals surface area (Å²) in [5.41, 5.74) is 10.8. The van der Waals surface area contributed by atoms with Crippen LogP contribution in [0, 0.1) is 0 Å². The van der Waals surface area contributed by atoms with Gasteiger partial charge in [-0.05, 0) is 39.2 Å². The van der Waals surface area contributed by atoms with Gasteiger partial charge < -0.3 is 42.7 Å². The van der Waals surface area contributed by atoms with Crippen molar-refractivity contribution in [1.82, 2.24) is 16.0 Å². The quantitative estimate of drug-likeness (QED) is 0.121. The average molecular weight is 433 g/mol. The Morgan fingerprint density at radius 3 is 1.97 bits per heavy atom. The first-order valence-electron chi connectivity index (χ1n) is 9.45. The lowest BCUT2D eigenvalue weighted by Gasteiger charge is -2.23. The molecule has 0 spiro atoms. The zero-order chi connectivity index (χ0) is 23.3. The molecule has 4 atom stereocenters. The molecule has 0 aromatic carbocycles. The van der Waals surface area contributed by atoms with Gasteiger partial charge >= 0.3 is 11.9 Å². The number of hydrogen-bond acceptors (Lipinski definition) is 8. The predicted octanol–water partition coefficient (Wildman–Crippen LogP) is -3.14. The molecule has 0 aliphatic carbocycles. The molecular formula is C17H31N5O8. The average Bonchev–Trinajstić information content (AvgIpc) is 2.68. The van der Waals surface area contributed by atoms with E-state index >= 15 is 0 Å². The normalized spacial score (nSPS) is 14.7. The summed E-state index contributed by atoms with van der Waals surface area (Å²) in [4.78, 5) is 58.5. The zero-order valence-corrected chi connectivity index (χ0v) is 16.8. The fraction of sp³-hybridized carbons (Fsp3) is 0.706. The number of carboxylic acid groups (broad SMARTS) is 2. The lowest BCUT2D eigenvalue weighted by molar-refractivity contribution is -0.143. The van der Waals surface area contributed by atoms with Gasteiger partial charge in [0.15, 0.2) is 0 Å². The van der Waals surface area contributed by atoms with E-state index in [9.17, 15) is 29.1 Å². The van der Waals surface area contributed by atoms with Crippen LogP contribution < -0.4 is 27.4 Å². The maximum Gasteiger partial charge on any atom is 0.326 e. The van der Waals surface area contributed by atoms with E-state index in [0.717, 1.165) is 0 Å². The second-order valence-electron chi connectivity index (χ2n) is 6.70. The Hall–Kier alpha value is -2.77. The summed E-state index contributed by atoms with van der Waals surface area (Å²) in [6, 6.07) is -4.86. The van der Waals surface area contributed by atoms with Crippen molar-refractivity contribution >= 4 is 29.7 Å². The Kier molecular flexibility index (Phi) is 12.9. The van der Waals surface area contributed by atoms with Crippen LogP contribution in [-0.2, 0) is 24.0 Å². The third-order valence-corrected chi connectivity index (χ3v) is 4.13. The van der Waals surface area contributed by atoms with Gasteiger partial charge in [-0.3, -0.25) is 19.2 Å². The topological polar surface area (TPSA) is 234 Å². The van der Waals surface area contributed by atoms with E-state index in [1.54, 1.807) is 0 Å². The van der Waals surface area contributed by atoms with E-state index in [1.807, 2.05) is 0 Å². The molecule has 0 heterocycles. The summed E-state index contributed by atoms with van der Waals surface area (Å²) in [7, 11) is 0. The van der Waals surface area contributed by atoms with Crippen molar-refractivity contribution in [2.45, 2.75) is 63.2 Å². The van der Waals surface area contributed by atoms with Crippen molar-refractivity contribution in [2.75, 3.05) is 13.2 Å². The summed E-state index contributed by atoms with van der Waals surface area (Å²) in [5, 5.41) is 33.7. The van der Waals surface area contributed by atoms with E-state index in [4.69, 9.17) is 21.7 Å². The van der Waals surface area contributed by atoms with Crippen LogP contribution >= 0.6 is 0 Å². The molecule has 0 aromatic rings. The van der Waals surface area contributed by atoms with Crippen molar-refractivity contribution in [3.05, 3.63) is 0 Å². The highest BCUT2D eigenvalue weighted by atomic mass is 16.4. The number of carbonyl (C=O) groups is 5. The molecule has 30 heavy (non-hydrogen) atoms. The number of aliphatic hydroxyl groups is 1. The fourth-order valence-corrected chi connectivity index (χ4v) is 2.32. The minimum absolute atomic E-state index is 0.150. The molecule has 13 heteroatoms. The van der Waals surface area contributed by atoms with E-state index in [0.29, 0.717) is 19.4 Å². The molecule has 10 N–H and O–H groups in total. The number of aliphatic carboxylic acids is 2. The maximum atomic E-state index is 12.5. The molecular weight excluding hydrogens is 402 g/mol. The van der Waals surface area contributed by atoms with Gasteiger partial charge in [0.1, 0.15) is 24.2 Å². The van der Waals surface area contributed by atoms with Crippen molar-refractivity contribution in [1.29, 1.82) is 0 Å². The standard InChI is InChI=1S/C17H31N5O8/c1-9(20-15(27)10(19)8-23)14(26)21-11(4-2-3-7-18)16(28)22-12(17(29)30)5-6-13(24)25/h9-12,23H,2-8,18-19H2,1H3,(H,20,27)(H,21,26)(H,22,28)(H,24,25)(H,29,30). The molecule has 0 aromatic heterocycles. The van der Waals surface area contributed by atoms with E-state index in [1.165, 1.54) is 6.92 Å². The number of carbonyl (C=O) groups excluding carboxylic acids is 3. The first-order chi connectivity index (χ1) is 14.0. The number of rotatable bonds is 15. The molecule has 0 aliphatic rings. The molecule has 13 nitrogen and oxygen atoms in total. The van der Waals surface area contributed by atoms with Gasteiger partial charge in [-0.2, -0.15) is 0 Å². The van der Waals surface area contributed by atoms with Crippen LogP contribution in [0.3, 0.4) is 0 Å². The summed E-state index contributed by atoms with van der Waals surface area (Å²) < 4.78 is 0. The first kappa shape index (κ1) is 27.2. The van der Waals surface area contributed by atoms with E-state index in [-0.39, 0.29) is 12.8 Å². The van der Waals surface area contributed by atoms with Gasteiger partial charge in [-0.1, -0.05) is 0 Å². The fourth-order valence-electron chi connectivity index (χ4n) is 2.32. The van der Waals surface area contributed by atoms with Crippen molar-refractivity contribution < 1.29 is 39.3 Å². The number of aliphatic hydroxyl groups excluding tert-OH is 1. The Labute approximate surface area is 173 Å². The number of hydrogen-bond donors (Lipinski definition) is 8. The summed E-state index contributed by atoms with van der Waals surface area (Å²) >= 11 is 0. The van der Waals surface area contributed by atoms with E-state index < -0.39 is 66.9 Å². The second kappa shape index (κ2) is 14.3. The van der Waals surface area contributed by atoms with Crippen LogP contribution in [0.15, 0.2) is 0 Å². The van der Waals surface area contributed by atoms with Crippen LogP contribution in [0.5, 0.6) is 0 Å². The highest BCUT2D eigenvalue weighted by Crippen LogP contribution is 2.05. The number of unbranched alkanes of at least 4 members (excludes halogenated alkanes) is 1. The van der Waals surface area contributed by atoms with Crippen LogP contribution in [-0.4, -0.2) is 82.3 Å². The molecule has 0 radical (unpaired) electrons. The Balaban J connectivity index is 5.11. The predicted molar refractivity (Wildman–Crippen MR) is 104 cm³/mol. The Morgan fingerprint density at radius 2 is 1.47 bits per heavy atom. The van der Waals surface area contributed by atoms with Crippen molar-refractivity contribution in [3.8, 4) is 0 Å². The summed E-state index contributed by atoms with van der Waals surface area (Å²) in [6.07, 6.45) is 0.369. The number of amides is 3. The molecule has 0 bridgehead atoms. The van der Waals surface area contributed by atoms with Crippen LogP contribution in [0.2, 0.25) is 0 Å². The highest BCUT2D eigenvalue weighted by molar-refractivity contribution is 5.93. The van der Waals surface area contributed by atoms with Gasteiger partial charge in [0.25, 0.3) is 0 Å². The molecule has 3 amide bonds. The van der Waals surface area contributed by atoms with Gasteiger partial charge in [-0.25, -0.2) is 4.79 Å². The van der Waals surface area contributed by atoms with Crippen LogP contribution in [0.4, 0.5) is 0 Å². The summed E-state index contributed by atoms with van der Waals surface area (Å²) in [5.74, 6) is -4.91. The molecule has 4 unspecified atom stereocenters. The minimum Gasteiger partial charge on any atom is -0.481 e. The van der Waals surface area contributed by atoms with Gasteiger partial charge in [0, 0.05) is 6.42 Å². The van der Waals surface area contributed by atoms with Crippen molar-refractivity contribution in [3.63, 3.8) is 0 Å². The van der Waals surface area contributed by atoms with Crippen molar-refractivity contribution in [2.24, 2.45) is 11.5 Å². The summed E-state index contributed by atoms with van der Waals surface area (Å²) in [6.45, 7) is 1.08. The number of nitrogens with two attached hydrogens (primary N) is 2. The number of carboxylic acids is 2. The van der Waals surface area contributed by atoms with E-state index in [2.05, 4.69) is 16.0 Å². The van der Waals surface area contributed by atoms with Gasteiger partial charge in [0.2, 0.25) is 17.7 Å². The first-order valence-corrected chi connectivity index (χ1v) is 9.45. The highest BCUT2D eigenvalue weighted by Gasteiger charge is 2.28. The smallest absolute Gasteiger partial charge is 0.326 e. The Bertz CT molecular complexity index is 615. The molecule has 0 saturated carbocycles. The zero-order valence-electron chi connectivity index (χ0n) is 16.8. The second-order valence-corrected chi connectivity index (χ2v) is 6.70. The molecule has 0 rings (SSSR count). The van der Waals surface area contributed by atoms with Gasteiger partial charge in [0.05, 0.1) is 6.61 Å². The third-order valence-electron chi connectivity index (χ3n) is 4.13. The minimum atomic E-state index is -1.44. The molecule has 172 valence electrons.